The van der Waals surface area contributed by atoms with Crippen molar-refractivity contribution in [3.05, 3.63) is 87.5 Å². The van der Waals surface area contributed by atoms with Gasteiger partial charge in [0.2, 0.25) is 0 Å². The summed E-state index contributed by atoms with van der Waals surface area (Å²) in [4.78, 5) is 44.3. The van der Waals surface area contributed by atoms with Crippen LogP contribution in [0.1, 0.15) is 21.6 Å². The molecular weight excluding hydrogens is 629 g/mol. The highest BCUT2D eigenvalue weighted by Gasteiger charge is 2.46. The molecule has 2 atom stereocenters. The van der Waals surface area contributed by atoms with Gasteiger partial charge < -0.3 is 30.0 Å². The first kappa shape index (κ1) is 33.3. The van der Waals surface area contributed by atoms with Gasteiger partial charge in [0.25, 0.3) is 11.5 Å². The second-order valence-corrected chi connectivity index (χ2v) is 11.0. The van der Waals surface area contributed by atoms with Gasteiger partial charge >= 0.3 is 12.1 Å². The third kappa shape index (κ3) is 6.48. The van der Waals surface area contributed by atoms with Crippen molar-refractivity contribution < 1.29 is 41.0 Å². The van der Waals surface area contributed by atoms with Crippen LogP contribution >= 0.6 is 0 Å². The van der Waals surface area contributed by atoms with Crippen molar-refractivity contribution in [3.8, 4) is 11.1 Å². The van der Waals surface area contributed by atoms with Gasteiger partial charge in [-0.15, -0.1) is 0 Å². The molecule has 0 spiro atoms. The molecule has 0 saturated carbocycles. The molecule has 1 amide bonds. The topological polar surface area (TPSA) is 129 Å². The van der Waals surface area contributed by atoms with E-state index in [1.165, 1.54) is 10.8 Å². The Morgan fingerprint density at radius 1 is 1.15 bits per heavy atom. The van der Waals surface area contributed by atoms with E-state index < -0.39 is 59.6 Å². The van der Waals surface area contributed by atoms with Crippen molar-refractivity contribution in [3.63, 3.8) is 0 Å². The Bertz CT molecular complexity index is 1910. The van der Waals surface area contributed by atoms with Gasteiger partial charge in [0, 0.05) is 48.5 Å². The number of halogens is 5. The maximum Gasteiger partial charge on any atom is 0.411 e. The molecule has 0 radical (unpaired) electrons. The quantitative estimate of drug-likeness (QED) is 0.225. The predicted octanol–water partition coefficient (Wildman–Crippen LogP) is 4.05. The van der Waals surface area contributed by atoms with E-state index >= 15 is 8.78 Å². The average molecular weight is 660 g/mol. The van der Waals surface area contributed by atoms with Crippen molar-refractivity contribution in [2.45, 2.75) is 31.6 Å². The van der Waals surface area contributed by atoms with Crippen molar-refractivity contribution in [1.82, 2.24) is 14.9 Å². The largest absolute Gasteiger partial charge is 0.467 e. The van der Waals surface area contributed by atoms with Crippen LogP contribution in [0, 0.1) is 18.6 Å². The van der Waals surface area contributed by atoms with Crippen LogP contribution in [-0.4, -0.2) is 66.6 Å². The molecule has 2 aromatic carbocycles. The Morgan fingerprint density at radius 2 is 1.85 bits per heavy atom. The molecule has 1 aliphatic rings. The number of methoxy groups -OCH3 is 1. The number of hydrogen-bond acceptors (Lipinski definition) is 8. The van der Waals surface area contributed by atoms with Crippen LogP contribution in [0.3, 0.4) is 0 Å². The number of nitrogens with two attached hydrogens (primary N) is 1. The molecule has 10 nitrogen and oxygen atoms in total. The highest BCUT2D eigenvalue weighted by atomic mass is 19.4. The molecule has 4 aromatic rings. The molecule has 248 valence electrons. The Balaban J connectivity index is 1.46. The van der Waals surface area contributed by atoms with Crippen LogP contribution in [0.4, 0.5) is 33.3 Å². The van der Waals surface area contributed by atoms with Crippen LogP contribution in [0.15, 0.2) is 53.5 Å². The summed E-state index contributed by atoms with van der Waals surface area (Å²) in [6.45, 7) is 0.601. The number of aromatic nitrogens is 2. The average Bonchev–Trinajstić information content (AvgIpc) is 3.04. The van der Waals surface area contributed by atoms with E-state index in [0.29, 0.717) is 45.5 Å². The van der Waals surface area contributed by atoms with Crippen LogP contribution in [0.2, 0.25) is 0 Å². The van der Waals surface area contributed by atoms with Gasteiger partial charge in [0.1, 0.15) is 29.3 Å². The van der Waals surface area contributed by atoms with Gasteiger partial charge in [-0.2, -0.15) is 13.2 Å². The highest BCUT2D eigenvalue weighted by Crippen LogP contribution is 2.33. The number of amides is 1. The number of alkyl halides is 3. The molecule has 0 aliphatic carbocycles. The first-order chi connectivity index (χ1) is 22.2. The number of ether oxygens (including phenoxy) is 2. The zero-order valence-electron chi connectivity index (χ0n) is 25.5. The maximum absolute atomic E-state index is 15.2. The standard InChI is InChI=1S/C32H30F5N5O5/c1-16-24(38)14-21(30(44)41(16)2)20-7-6-17(19-5-4-8-39-28(19)20)11-25(31(45)46-3)40-29(43)27-22(33)12-18(13-23(27)34)42-9-10-47-15-26(42)32(35,36)37/h4-8,12-14,25-26H,9-11,15,38H2,1-3H3,(H,40,43)/t25-,26+/m0/s1. The summed E-state index contributed by atoms with van der Waals surface area (Å²) in [6, 6.07) is 5.79. The van der Waals surface area contributed by atoms with E-state index in [4.69, 9.17) is 15.2 Å². The number of nitrogen functional groups attached to an aromatic ring is 1. The Labute approximate surface area is 264 Å². The summed E-state index contributed by atoms with van der Waals surface area (Å²) in [5.74, 6) is -5.11. The molecule has 3 N–H and O–H groups in total. The monoisotopic (exact) mass is 659 g/mol. The number of hydrogen-bond donors (Lipinski definition) is 2. The number of fused-ring (bicyclic) bond motifs is 1. The van der Waals surface area contributed by atoms with Crippen molar-refractivity contribution in [2.75, 3.05) is 37.5 Å². The summed E-state index contributed by atoms with van der Waals surface area (Å²) < 4.78 is 82.3. The third-order valence-corrected chi connectivity index (χ3v) is 8.21. The molecule has 3 heterocycles. The lowest BCUT2D eigenvalue weighted by atomic mass is 9.95. The lowest BCUT2D eigenvalue weighted by molar-refractivity contribution is -0.167. The number of nitrogens with zero attached hydrogens (tertiary/aromatic N) is 3. The third-order valence-electron chi connectivity index (χ3n) is 8.21. The molecule has 1 fully saturated rings. The number of benzene rings is 2. The smallest absolute Gasteiger partial charge is 0.411 e. The fraction of sp³-hybridized carbons (Fsp3) is 0.312. The first-order valence-corrected chi connectivity index (χ1v) is 14.3. The van der Waals surface area contributed by atoms with E-state index in [1.807, 2.05) is 0 Å². The molecule has 15 heteroatoms. The normalized spacial score (nSPS) is 15.8. The van der Waals surface area contributed by atoms with Crippen LogP contribution in [-0.2, 0) is 27.7 Å². The minimum absolute atomic E-state index is 0.0974. The van der Waals surface area contributed by atoms with Gasteiger partial charge in [0.15, 0.2) is 0 Å². The zero-order valence-corrected chi connectivity index (χ0v) is 25.5. The van der Waals surface area contributed by atoms with Gasteiger partial charge in [-0.25, -0.2) is 13.6 Å². The van der Waals surface area contributed by atoms with E-state index in [9.17, 15) is 27.6 Å². The number of carbonyl (C=O) groups is 2. The zero-order chi connectivity index (χ0) is 34.2. The number of carbonyl (C=O) groups excluding carboxylic acids is 2. The number of anilines is 2. The molecule has 47 heavy (non-hydrogen) atoms. The highest BCUT2D eigenvalue weighted by molar-refractivity contribution is 5.99. The summed E-state index contributed by atoms with van der Waals surface area (Å²) >= 11 is 0. The summed E-state index contributed by atoms with van der Waals surface area (Å²) in [6.07, 6.45) is -3.44. The SMILES string of the molecule is COC(=O)[C@H](Cc1ccc(-c2cc(N)c(C)n(C)c2=O)c2ncccc12)NC(=O)c1c(F)cc(N2CCOC[C@@H]2C(F)(F)F)cc1F. The van der Waals surface area contributed by atoms with Crippen LogP contribution < -0.4 is 21.5 Å². The molecule has 1 aliphatic heterocycles. The molecular formula is C32H30F5N5O5. The fourth-order valence-corrected chi connectivity index (χ4v) is 5.58. The fourth-order valence-electron chi connectivity index (χ4n) is 5.58. The van der Waals surface area contributed by atoms with E-state index in [0.717, 1.165) is 12.0 Å². The second kappa shape index (κ2) is 13.0. The molecule has 1 saturated heterocycles. The number of pyridine rings is 2. The number of rotatable bonds is 7. The van der Waals surface area contributed by atoms with Crippen molar-refractivity contribution in [2.24, 2.45) is 7.05 Å². The lowest BCUT2D eigenvalue weighted by Gasteiger charge is -2.38. The second-order valence-electron chi connectivity index (χ2n) is 11.0. The van der Waals surface area contributed by atoms with Crippen LogP contribution in [0.5, 0.6) is 0 Å². The van der Waals surface area contributed by atoms with Gasteiger partial charge in [-0.1, -0.05) is 18.2 Å². The van der Waals surface area contributed by atoms with Crippen LogP contribution in [0.25, 0.3) is 22.0 Å². The first-order valence-electron chi connectivity index (χ1n) is 14.3. The van der Waals surface area contributed by atoms with Gasteiger partial charge in [-0.05, 0) is 36.8 Å². The number of nitrogens with one attached hydrogen (secondary N) is 1. The number of esters is 1. The molecule has 0 bridgehead atoms. The predicted molar refractivity (Wildman–Crippen MR) is 163 cm³/mol. The summed E-state index contributed by atoms with van der Waals surface area (Å²) in [5, 5.41) is 2.80. The molecule has 5 rings (SSSR count). The summed E-state index contributed by atoms with van der Waals surface area (Å²) in [5.41, 5.74) is 6.90. The maximum atomic E-state index is 15.2. The van der Waals surface area contributed by atoms with Crippen molar-refractivity contribution >= 4 is 34.2 Å². The van der Waals surface area contributed by atoms with E-state index in [2.05, 4.69) is 10.3 Å². The summed E-state index contributed by atoms with van der Waals surface area (Å²) in [7, 11) is 2.66. The Kier molecular flexibility index (Phi) is 9.20. The molecule has 0 unspecified atom stereocenters. The number of morpholine rings is 1. The minimum atomic E-state index is -4.74. The minimum Gasteiger partial charge on any atom is -0.467 e. The van der Waals surface area contributed by atoms with Gasteiger partial charge in [-0.3, -0.25) is 14.6 Å². The van der Waals surface area contributed by atoms with E-state index in [-0.39, 0.29) is 30.7 Å². The Hall–Kier alpha value is -5.05. The van der Waals surface area contributed by atoms with E-state index in [1.54, 1.807) is 44.3 Å². The molecule has 2 aromatic heterocycles. The lowest BCUT2D eigenvalue weighted by Crippen LogP contribution is -2.53. The van der Waals surface area contributed by atoms with Gasteiger partial charge in [0.05, 0.1) is 37.1 Å². The Morgan fingerprint density at radius 3 is 2.51 bits per heavy atom. The van der Waals surface area contributed by atoms with Crippen molar-refractivity contribution in [1.29, 1.82) is 0 Å².